The fraction of sp³-hybridized carbons (Fsp3) is 0.538. The third-order valence-electron chi connectivity index (χ3n) is 3.56. The van der Waals surface area contributed by atoms with Gasteiger partial charge in [-0.2, -0.15) is 0 Å². The van der Waals surface area contributed by atoms with E-state index in [1.54, 1.807) is 12.1 Å². The Balaban J connectivity index is 1.95. The molecule has 2 aliphatic rings. The van der Waals surface area contributed by atoms with E-state index in [0.717, 1.165) is 31.7 Å². The van der Waals surface area contributed by atoms with Crippen LogP contribution in [0.4, 0.5) is 0 Å². The van der Waals surface area contributed by atoms with Gasteiger partial charge in [0.2, 0.25) is 6.79 Å². The van der Waals surface area contributed by atoms with Crippen molar-refractivity contribution in [3.63, 3.8) is 0 Å². The molecule has 20 heavy (non-hydrogen) atoms. The molecule has 0 aliphatic carbocycles. The van der Waals surface area contributed by atoms with Crippen LogP contribution in [-0.2, 0) is 16.4 Å². The molecule has 0 atom stereocenters. The number of fused-ring (bicyclic) bond motifs is 1. The fourth-order valence-electron chi connectivity index (χ4n) is 2.54. The summed E-state index contributed by atoms with van der Waals surface area (Å²) in [5.41, 5.74) is 0.777. The van der Waals surface area contributed by atoms with Crippen LogP contribution in [0.25, 0.3) is 0 Å². The van der Waals surface area contributed by atoms with E-state index < -0.39 is 9.84 Å². The lowest BCUT2D eigenvalue weighted by atomic mass is 10.1. The Bertz CT molecular complexity index is 609. The molecule has 1 saturated heterocycles. The number of sulfone groups is 1. The lowest BCUT2D eigenvalue weighted by molar-refractivity contribution is 0.173. The van der Waals surface area contributed by atoms with Gasteiger partial charge in [-0.25, -0.2) is 8.42 Å². The van der Waals surface area contributed by atoms with Gasteiger partial charge in [-0.05, 0) is 11.6 Å². The van der Waals surface area contributed by atoms with E-state index in [2.05, 4.69) is 10.2 Å². The molecule has 110 valence electrons. The zero-order valence-corrected chi connectivity index (χ0v) is 12.2. The van der Waals surface area contributed by atoms with E-state index in [9.17, 15) is 8.42 Å². The highest BCUT2D eigenvalue weighted by Gasteiger charge is 2.23. The topological polar surface area (TPSA) is 67.9 Å². The van der Waals surface area contributed by atoms with Gasteiger partial charge in [0.15, 0.2) is 21.3 Å². The number of ether oxygens (including phenoxy) is 2. The maximum absolute atomic E-state index is 12.0. The number of hydrogen-bond donors (Lipinski definition) is 1. The molecular formula is C13H18N2O4S. The standard InChI is InChI=1S/C13H18N2O4S/c1-20(16,17)13-7-12-11(18-9-19-12)6-10(13)8-15-4-2-14-3-5-15/h6-7,14H,2-5,8-9H2,1H3. The SMILES string of the molecule is CS(=O)(=O)c1cc2c(cc1CN1CCNCC1)OCO2. The van der Waals surface area contributed by atoms with Crippen molar-refractivity contribution in [1.29, 1.82) is 0 Å². The van der Waals surface area contributed by atoms with Crippen LogP contribution in [0.15, 0.2) is 17.0 Å². The smallest absolute Gasteiger partial charge is 0.231 e. The number of nitrogens with zero attached hydrogens (tertiary/aromatic N) is 1. The monoisotopic (exact) mass is 298 g/mol. The summed E-state index contributed by atoms with van der Waals surface area (Å²) in [6.45, 7) is 4.45. The zero-order chi connectivity index (χ0) is 14.2. The average Bonchev–Trinajstić information content (AvgIpc) is 2.85. The first kappa shape index (κ1) is 13.7. The van der Waals surface area contributed by atoms with Crippen LogP contribution in [0.1, 0.15) is 5.56 Å². The van der Waals surface area contributed by atoms with Gasteiger partial charge in [0.05, 0.1) is 4.90 Å². The molecule has 0 unspecified atom stereocenters. The van der Waals surface area contributed by atoms with E-state index in [-0.39, 0.29) is 6.79 Å². The van der Waals surface area contributed by atoms with Gasteiger partial charge >= 0.3 is 0 Å². The van der Waals surface area contributed by atoms with Gasteiger partial charge < -0.3 is 14.8 Å². The second kappa shape index (κ2) is 5.23. The molecule has 1 aromatic rings. The minimum atomic E-state index is -3.28. The molecule has 7 heteroatoms. The van der Waals surface area contributed by atoms with Crippen LogP contribution >= 0.6 is 0 Å². The second-order valence-corrected chi connectivity index (χ2v) is 7.10. The lowest BCUT2D eigenvalue weighted by Gasteiger charge is -2.27. The molecule has 2 heterocycles. The number of benzene rings is 1. The Morgan fingerprint density at radius 1 is 1.20 bits per heavy atom. The predicted molar refractivity (Wildman–Crippen MR) is 73.8 cm³/mol. The summed E-state index contributed by atoms with van der Waals surface area (Å²) >= 11 is 0. The zero-order valence-electron chi connectivity index (χ0n) is 11.4. The highest BCUT2D eigenvalue weighted by atomic mass is 32.2. The Kier molecular flexibility index (Phi) is 3.57. The number of piperazine rings is 1. The van der Waals surface area contributed by atoms with Crippen molar-refractivity contribution in [2.75, 3.05) is 39.2 Å². The quantitative estimate of drug-likeness (QED) is 0.861. The molecule has 0 radical (unpaired) electrons. The summed E-state index contributed by atoms with van der Waals surface area (Å²) < 4.78 is 34.6. The highest BCUT2D eigenvalue weighted by molar-refractivity contribution is 7.90. The average molecular weight is 298 g/mol. The summed E-state index contributed by atoms with van der Waals surface area (Å²) in [5, 5.41) is 3.28. The predicted octanol–water partition coefficient (Wildman–Crippen LogP) is 0.224. The molecule has 0 amide bonds. The molecule has 1 N–H and O–H groups in total. The van der Waals surface area contributed by atoms with Crippen molar-refractivity contribution in [2.45, 2.75) is 11.4 Å². The highest BCUT2D eigenvalue weighted by Crippen LogP contribution is 2.36. The molecule has 0 saturated carbocycles. The summed E-state index contributed by atoms with van der Waals surface area (Å²) in [7, 11) is -3.28. The molecular weight excluding hydrogens is 280 g/mol. The van der Waals surface area contributed by atoms with Crippen molar-refractivity contribution in [2.24, 2.45) is 0 Å². The summed E-state index contributed by atoms with van der Waals surface area (Å²) in [6.07, 6.45) is 1.23. The summed E-state index contributed by atoms with van der Waals surface area (Å²) in [6, 6.07) is 3.37. The Morgan fingerprint density at radius 3 is 2.50 bits per heavy atom. The molecule has 2 aliphatic heterocycles. The molecule has 0 bridgehead atoms. The molecule has 3 rings (SSSR count). The third-order valence-corrected chi connectivity index (χ3v) is 4.74. The minimum Gasteiger partial charge on any atom is -0.454 e. The van der Waals surface area contributed by atoms with E-state index in [4.69, 9.17) is 9.47 Å². The normalized spacial score (nSPS) is 19.2. The van der Waals surface area contributed by atoms with Crippen molar-refractivity contribution in [1.82, 2.24) is 10.2 Å². The van der Waals surface area contributed by atoms with Crippen molar-refractivity contribution in [3.05, 3.63) is 17.7 Å². The molecule has 0 spiro atoms. The van der Waals surface area contributed by atoms with Gasteiger partial charge in [-0.15, -0.1) is 0 Å². The Labute approximate surface area is 118 Å². The number of nitrogens with one attached hydrogen (secondary N) is 1. The summed E-state index contributed by atoms with van der Waals surface area (Å²) in [5.74, 6) is 1.14. The van der Waals surface area contributed by atoms with Crippen LogP contribution in [0, 0.1) is 0 Å². The van der Waals surface area contributed by atoms with E-state index in [0.29, 0.717) is 22.9 Å². The first-order chi connectivity index (χ1) is 9.54. The van der Waals surface area contributed by atoms with Crippen molar-refractivity contribution < 1.29 is 17.9 Å². The van der Waals surface area contributed by atoms with Gasteiger partial charge in [-0.1, -0.05) is 0 Å². The number of rotatable bonds is 3. The van der Waals surface area contributed by atoms with Crippen LogP contribution in [0.5, 0.6) is 11.5 Å². The maximum atomic E-state index is 12.0. The van der Waals surface area contributed by atoms with Crippen LogP contribution in [-0.4, -0.2) is 52.5 Å². The Hall–Kier alpha value is -1.31. The maximum Gasteiger partial charge on any atom is 0.231 e. The van der Waals surface area contributed by atoms with Gasteiger partial charge in [0, 0.05) is 45.0 Å². The minimum absolute atomic E-state index is 0.148. The largest absolute Gasteiger partial charge is 0.454 e. The molecule has 6 nitrogen and oxygen atoms in total. The van der Waals surface area contributed by atoms with E-state index in [1.165, 1.54) is 6.26 Å². The van der Waals surface area contributed by atoms with Crippen molar-refractivity contribution in [3.8, 4) is 11.5 Å². The first-order valence-corrected chi connectivity index (χ1v) is 8.49. The third kappa shape index (κ3) is 2.74. The first-order valence-electron chi connectivity index (χ1n) is 6.60. The fourth-order valence-corrected chi connectivity index (χ4v) is 3.47. The second-order valence-electron chi connectivity index (χ2n) is 5.11. The van der Waals surface area contributed by atoms with Crippen molar-refractivity contribution >= 4 is 9.84 Å². The lowest BCUT2D eigenvalue weighted by Crippen LogP contribution is -2.43. The van der Waals surface area contributed by atoms with Crippen LogP contribution < -0.4 is 14.8 Å². The molecule has 1 fully saturated rings. The molecule has 1 aromatic carbocycles. The van der Waals surface area contributed by atoms with Crippen LogP contribution in [0.3, 0.4) is 0 Å². The van der Waals surface area contributed by atoms with Gasteiger partial charge in [-0.3, -0.25) is 4.90 Å². The number of hydrogen-bond acceptors (Lipinski definition) is 6. The summed E-state index contributed by atoms with van der Waals surface area (Å²) in [4.78, 5) is 2.57. The van der Waals surface area contributed by atoms with E-state index >= 15 is 0 Å². The van der Waals surface area contributed by atoms with E-state index in [1.807, 2.05) is 0 Å². The van der Waals surface area contributed by atoms with Gasteiger partial charge in [0.1, 0.15) is 0 Å². The Morgan fingerprint density at radius 2 is 1.85 bits per heavy atom. The van der Waals surface area contributed by atoms with Gasteiger partial charge in [0.25, 0.3) is 0 Å². The molecule has 0 aromatic heterocycles. The van der Waals surface area contributed by atoms with Crippen LogP contribution in [0.2, 0.25) is 0 Å².